The monoisotopic (exact) mass is 1300 g/mol. The lowest BCUT2D eigenvalue weighted by atomic mass is 10.00. The number of phosphoric acid groups is 2. The minimum Gasteiger partial charge on any atom is -0.462 e. The van der Waals surface area contributed by atoms with E-state index in [0.717, 1.165) is 115 Å². The Morgan fingerprint density at radius 3 is 0.864 bits per heavy atom. The SMILES string of the molecule is CCCCCCCCCCCC(=O)O[C@H](COC(=O)CCCCCCCCCC)COP(=O)(O)OC[C@H](O)COP(=O)(O)OC[C@@H](COC(=O)CCCCCCCCC(C)CC)OC(=O)CCCCCCCCCCCCCCCCCCCCC(C)C. The van der Waals surface area contributed by atoms with Gasteiger partial charge in [-0.05, 0) is 37.5 Å². The molecule has 19 heteroatoms. The van der Waals surface area contributed by atoms with Crippen molar-refractivity contribution in [3.8, 4) is 0 Å². The van der Waals surface area contributed by atoms with Crippen molar-refractivity contribution in [3.63, 3.8) is 0 Å². The molecule has 0 amide bonds. The van der Waals surface area contributed by atoms with Gasteiger partial charge in [-0.2, -0.15) is 0 Å². The summed E-state index contributed by atoms with van der Waals surface area (Å²) in [6, 6.07) is 0. The highest BCUT2D eigenvalue weighted by Gasteiger charge is 2.30. The maximum absolute atomic E-state index is 13.0. The van der Waals surface area contributed by atoms with E-state index in [1.807, 2.05) is 0 Å². The van der Waals surface area contributed by atoms with Gasteiger partial charge in [0.2, 0.25) is 0 Å². The molecule has 0 aliphatic rings. The summed E-state index contributed by atoms with van der Waals surface area (Å²) in [7, 11) is -9.89. The summed E-state index contributed by atoms with van der Waals surface area (Å²) < 4.78 is 68.1. The zero-order chi connectivity index (χ0) is 65.0. The largest absolute Gasteiger partial charge is 0.472 e. The molecule has 3 unspecified atom stereocenters. The third kappa shape index (κ3) is 61.6. The average Bonchev–Trinajstić information content (AvgIpc) is 3.51. The molecule has 0 saturated carbocycles. The number of esters is 4. The van der Waals surface area contributed by atoms with E-state index < -0.39 is 97.5 Å². The van der Waals surface area contributed by atoms with Crippen molar-refractivity contribution in [2.75, 3.05) is 39.6 Å². The number of aliphatic hydroxyl groups excluding tert-OH is 1. The average molecular weight is 1300 g/mol. The second kappa shape index (κ2) is 61.3. The van der Waals surface area contributed by atoms with Crippen LogP contribution in [0.25, 0.3) is 0 Å². The predicted molar refractivity (Wildman–Crippen MR) is 354 cm³/mol. The molecular formula is C69H134O17P2. The van der Waals surface area contributed by atoms with E-state index in [9.17, 15) is 43.2 Å². The summed E-state index contributed by atoms with van der Waals surface area (Å²) in [5.41, 5.74) is 0. The standard InChI is InChI=1S/C69H134O17P2/c1-7-10-12-14-16-28-33-41-47-53-68(73)85-64(57-79-66(71)51-45-39-32-17-15-13-11-8-2)59-83-87(75,76)81-55-63(70)56-82-88(77,78)84-60-65(58-80-67(72)52-46-40-36-35-38-44-50-62(6)9-3)86-69(74)54-48-42-34-30-27-25-23-21-19-18-20-22-24-26-29-31-37-43-49-61(4)5/h61-65,70H,7-60H2,1-6H3,(H,75,76)(H,77,78)/t62?,63-,64+,65+/m0/s1. The number of hydrogen-bond donors (Lipinski definition) is 3. The third-order valence-corrected chi connectivity index (χ3v) is 18.2. The van der Waals surface area contributed by atoms with Crippen LogP contribution in [-0.4, -0.2) is 96.7 Å². The predicted octanol–water partition coefficient (Wildman–Crippen LogP) is 19.6. The van der Waals surface area contributed by atoms with Crippen molar-refractivity contribution in [2.45, 2.75) is 368 Å². The lowest BCUT2D eigenvalue weighted by Crippen LogP contribution is -2.30. The first-order chi connectivity index (χ1) is 42.4. The van der Waals surface area contributed by atoms with E-state index in [-0.39, 0.29) is 25.7 Å². The summed E-state index contributed by atoms with van der Waals surface area (Å²) in [5.74, 6) is -0.581. The quantitative estimate of drug-likeness (QED) is 0.0222. The lowest BCUT2D eigenvalue weighted by molar-refractivity contribution is -0.161. The van der Waals surface area contributed by atoms with Crippen molar-refractivity contribution in [1.82, 2.24) is 0 Å². The summed E-state index contributed by atoms with van der Waals surface area (Å²) in [4.78, 5) is 72.3. The molecule has 0 aromatic heterocycles. The van der Waals surface area contributed by atoms with Gasteiger partial charge in [-0.25, -0.2) is 9.13 Å². The van der Waals surface area contributed by atoms with Gasteiger partial charge in [0.05, 0.1) is 26.4 Å². The van der Waals surface area contributed by atoms with Crippen molar-refractivity contribution >= 4 is 39.5 Å². The van der Waals surface area contributed by atoms with Crippen LogP contribution in [0.4, 0.5) is 0 Å². The molecule has 0 aliphatic carbocycles. The van der Waals surface area contributed by atoms with Crippen molar-refractivity contribution in [3.05, 3.63) is 0 Å². The van der Waals surface area contributed by atoms with Gasteiger partial charge in [-0.1, -0.05) is 298 Å². The van der Waals surface area contributed by atoms with Crippen LogP contribution in [0.5, 0.6) is 0 Å². The summed E-state index contributed by atoms with van der Waals surface area (Å²) in [6.45, 7) is 9.49. The van der Waals surface area contributed by atoms with Crippen molar-refractivity contribution < 1.29 is 80.2 Å². The molecule has 0 rings (SSSR count). The Morgan fingerprint density at radius 2 is 0.580 bits per heavy atom. The van der Waals surface area contributed by atoms with Crippen LogP contribution in [0.2, 0.25) is 0 Å². The van der Waals surface area contributed by atoms with Crippen molar-refractivity contribution in [2.24, 2.45) is 11.8 Å². The first kappa shape index (κ1) is 86.1. The van der Waals surface area contributed by atoms with Gasteiger partial charge >= 0.3 is 39.5 Å². The molecule has 6 atom stereocenters. The number of phosphoric ester groups is 2. The minimum atomic E-state index is -4.95. The van der Waals surface area contributed by atoms with Gasteiger partial charge in [0.15, 0.2) is 12.2 Å². The van der Waals surface area contributed by atoms with Gasteiger partial charge in [-0.3, -0.25) is 37.3 Å². The van der Waals surface area contributed by atoms with E-state index in [4.69, 9.17) is 37.0 Å². The minimum absolute atomic E-state index is 0.105. The molecule has 88 heavy (non-hydrogen) atoms. The van der Waals surface area contributed by atoms with E-state index in [1.54, 1.807) is 0 Å². The van der Waals surface area contributed by atoms with E-state index in [1.165, 1.54) is 154 Å². The Labute approximate surface area is 537 Å². The summed E-state index contributed by atoms with van der Waals surface area (Å²) in [6.07, 6.45) is 46.1. The van der Waals surface area contributed by atoms with Crippen LogP contribution >= 0.6 is 15.6 Å². The third-order valence-electron chi connectivity index (χ3n) is 16.3. The zero-order valence-corrected chi connectivity index (χ0v) is 58.8. The molecule has 17 nitrogen and oxygen atoms in total. The molecule has 3 N–H and O–H groups in total. The van der Waals surface area contributed by atoms with Gasteiger partial charge in [0, 0.05) is 25.7 Å². The fourth-order valence-corrected chi connectivity index (χ4v) is 12.0. The van der Waals surface area contributed by atoms with E-state index in [2.05, 4.69) is 41.5 Å². The molecular weight excluding hydrogens is 1160 g/mol. The molecule has 522 valence electrons. The lowest BCUT2D eigenvalue weighted by Gasteiger charge is -2.21. The summed E-state index contributed by atoms with van der Waals surface area (Å²) >= 11 is 0. The number of rotatable bonds is 68. The molecule has 0 bridgehead atoms. The number of unbranched alkanes of at least 4 members (excludes halogenated alkanes) is 37. The Balaban J connectivity index is 5.12. The van der Waals surface area contributed by atoms with Crippen molar-refractivity contribution in [1.29, 1.82) is 0 Å². The normalized spacial score (nSPS) is 14.5. The second-order valence-corrected chi connectivity index (χ2v) is 28.5. The number of carbonyl (C=O) groups is 4. The van der Waals surface area contributed by atoms with Gasteiger partial charge in [-0.15, -0.1) is 0 Å². The van der Waals surface area contributed by atoms with Gasteiger partial charge in [0.1, 0.15) is 19.3 Å². The molecule has 0 heterocycles. The maximum Gasteiger partial charge on any atom is 0.472 e. The highest BCUT2D eigenvalue weighted by Crippen LogP contribution is 2.45. The Kier molecular flexibility index (Phi) is 59.9. The molecule has 0 aromatic rings. The zero-order valence-electron chi connectivity index (χ0n) is 57.0. The number of aliphatic hydroxyl groups is 1. The molecule has 0 fully saturated rings. The molecule has 0 aliphatic heterocycles. The molecule has 0 saturated heterocycles. The maximum atomic E-state index is 13.0. The van der Waals surface area contributed by atoms with Gasteiger partial charge < -0.3 is 33.8 Å². The van der Waals surface area contributed by atoms with E-state index in [0.29, 0.717) is 25.7 Å². The number of hydrogen-bond acceptors (Lipinski definition) is 15. The summed E-state index contributed by atoms with van der Waals surface area (Å²) in [5, 5.41) is 10.5. The van der Waals surface area contributed by atoms with E-state index >= 15 is 0 Å². The molecule has 0 radical (unpaired) electrons. The first-order valence-corrected chi connectivity index (χ1v) is 39.0. The Hall–Kier alpha value is -1.94. The van der Waals surface area contributed by atoms with Crippen LogP contribution in [0.3, 0.4) is 0 Å². The Bertz CT molecular complexity index is 1720. The van der Waals surface area contributed by atoms with Crippen LogP contribution in [0.15, 0.2) is 0 Å². The van der Waals surface area contributed by atoms with Crippen LogP contribution < -0.4 is 0 Å². The van der Waals surface area contributed by atoms with Crippen LogP contribution in [0.1, 0.15) is 350 Å². The number of ether oxygens (including phenoxy) is 4. The topological polar surface area (TPSA) is 237 Å². The second-order valence-electron chi connectivity index (χ2n) is 25.6. The fraction of sp³-hybridized carbons (Fsp3) is 0.942. The van der Waals surface area contributed by atoms with Gasteiger partial charge in [0.25, 0.3) is 0 Å². The molecule has 0 aromatic carbocycles. The highest BCUT2D eigenvalue weighted by molar-refractivity contribution is 7.47. The first-order valence-electron chi connectivity index (χ1n) is 36.0. The molecule has 0 spiro atoms. The smallest absolute Gasteiger partial charge is 0.462 e. The number of carbonyl (C=O) groups excluding carboxylic acids is 4. The van der Waals surface area contributed by atoms with Crippen LogP contribution in [-0.2, 0) is 65.4 Å². The van der Waals surface area contributed by atoms with Crippen LogP contribution in [0, 0.1) is 11.8 Å². The fourth-order valence-electron chi connectivity index (χ4n) is 10.4. The highest BCUT2D eigenvalue weighted by atomic mass is 31.2. The Morgan fingerprint density at radius 1 is 0.330 bits per heavy atom.